The fraction of sp³-hybridized carbons (Fsp3) is 0.292. The largest absolute Gasteiger partial charge is 0.478 e. The number of carboxylic acid groups (broad SMARTS) is 1. The minimum Gasteiger partial charge on any atom is -0.478 e. The van der Waals surface area contributed by atoms with Gasteiger partial charge in [-0.1, -0.05) is 0 Å². The Kier molecular flexibility index (Phi) is 7.27. The molecule has 2 heterocycles. The van der Waals surface area contributed by atoms with Gasteiger partial charge in [-0.25, -0.2) is 18.6 Å². The van der Waals surface area contributed by atoms with Gasteiger partial charge in [-0.05, 0) is 73.2 Å². The number of rotatable bonds is 5. The molecule has 0 atom stereocenters. The Morgan fingerprint density at radius 1 is 1.06 bits per heavy atom. The molecule has 184 valence electrons. The van der Waals surface area contributed by atoms with Crippen LogP contribution in [0.4, 0.5) is 25.3 Å². The van der Waals surface area contributed by atoms with Crippen LogP contribution < -0.4 is 10.2 Å². The molecular weight excluding hydrogens is 589 g/mol. The van der Waals surface area contributed by atoms with Gasteiger partial charge in [-0.3, -0.25) is 4.79 Å². The third-order valence-electron chi connectivity index (χ3n) is 5.97. The molecule has 35 heavy (non-hydrogen) atoms. The van der Waals surface area contributed by atoms with E-state index in [2.05, 4.69) is 32.9 Å². The SMILES string of the molecule is Cc1cc(I)ccc1Nc1c(C(=O)O)cc(C(=O)N2CCN(c3nc(C)c(C)s3)CC2)c(F)c1F. The van der Waals surface area contributed by atoms with Crippen LogP contribution in [-0.4, -0.2) is 53.0 Å². The Balaban J connectivity index is 1.59. The van der Waals surface area contributed by atoms with Crippen molar-refractivity contribution in [1.29, 1.82) is 0 Å². The third kappa shape index (κ3) is 5.10. The molecule has 0 unspecified atom stereocenters. The summed E-state index contributed by atoms with van der Waals surface area (Å²) in [5.74, 6) is -4.99. The summed E-state index contributed by atoms with van der Waals surface area (Å²) in [6.45, 7) is 7.23. The fourth-order valence-electron chi connectivity index (χ4n) is 3.84. The first-order chi connectivity index (χ1) is 16.6. The monoisotopic (exact) mass is 612 g/mol. The van der Waals surface area contributed by atoms with Gasteiger partial charge in [-0.15, -0.1) is 11.3 Å². The topological polar surface area (TPSA) is 85.8 Å². The van der Waals surface area contributed by atoms with Crippen LogP contribution in [0.5, 0.6) is 0 Å². The second-order valence-corrected chi connectivity index (χ2v) is 10.7. The number of nitrogens with one attached hydrogen (secondary N) is 1. The molecule has 4 rings (SSSR count). The van der Waals surface area contributed by atoms with Gasteiger partial charge in [0.2, 0.25) is 0 Å². The molecule has 0 spiro atoms. The quantitative estimate of drug-likeness (QED) is 0.378. The predicted octanol–water partition coefficient (Wildman–Crippen LogP) is 5.36. The van der Waals surface area contributed by atoms with Gasteiger partial charge in [0.15, 0.2) is 16.8 Å². The summed E-state index contributed by atoms with van der Waals surface area (Å²) in [5.41, 5.74) is 0.495. The van der Waals surface area contributed by atoms with E-state index in [-0.39, 0.29) is 13.1 Å². The molecule has 1 amide bonds. The van der Waals surface area contributed by atoms with Crippen molar-refractivity contribution >= 4 is 62.3 Å². The van der Waals surface area contributed by atoms with Gasteiger partial charge in [0.25, 0.3) is 5.91 Å². The summed E-state index contributed by atoms with van der Waals surface area (Å²) >= 11 is 3.69. The number of hydrogen-bond donors (Lipinski definition) is 2. The van der Waals surface area contributed by atoms with Crippen molar-refractivity contribution in [2.45, 2.75) is 20.8 Å². The van der Waals surface area contributed by atoms with E-state index in [4.69, 9.17) is 0 Å². The molecule has 1 aliphatic heterocycles. The van der Waals surface area contributed by atoms with Gasteiger partial charge in [0, 0.05) is 40.3 Å². The van der Waals surface area contributed by atoms with Gasteiger partial charge < -0.3 is 20.2 Å². The highest BCUT2D eigenvalue weighted by Crippen LogP contribution is 2.32. The van der Waals surface area contributed by atoms with Crippen LogP contribution in [0.2, 0.25) is 0 Å². The number of piperazine rings is 1. The van der Waals surface area contributed by atoms with Crippen molar-refractivity contribution in [2.24, 2.45) is 0 Å². The van der Waals surface area contributed by atoms with Crippen LogP contribution in [0, 0.1) is 36.0 Å². The first-order valence-electron chi connectivity index (χ1n) is 10.8. The number of carbonyl (C=O) groups excluding carboxylic acids is 1. The molecule has 11 heteroatoms. The van der Waals surface area contributed by atoms with Crippen molar-refractivity contribution in [3.63, 3.8) is 0 Å². The predicted molar refractivity (Wildman–Crippen MR) is 140 cm³/mol. The van der Waals surface area contributed by atoms with Crippen molar-refractivity contribution in [3.8, 4) is 0 Å². The summed E-state index contributed by atoms with van der Waals surface area (Å²) in [5, 5.41) is 13.3. The lowest BCUT2D eigenvalue weighted by Gasteiger charge is -2.34. The van der Waals surface area contributed by atoms with Crippen molar-refractivity contribution in [2.75, 3.05) is 36.4 Å². The van der Waals surface area contributed by atoms with E-state index in [0.29, 0.717) is 18.8 Å². The molecule has 3 aromatic rings. The van der Waals surface area contributed by atoms with Crippen LogP contribution in [0.25, 0.3) is 0 Å². The fourth-order valence-corrected chi connectivity index (χ4v) is 5.45. The molecule has 1 saturated heterocycles. The molecule has 7 nitrogen and oxygen atoms in total. The van der Waals surface area contributed by atoms with E-state index in [0.717, 1.165) is 30.9 Å². The first-order valence-corrected chi connectivity index (χ1v) is 12.7. The number of benzene rings is 2. The lowest BCUT2D eigenvalue weighted by molar-refractivity contribution is 0.0697. The number of carbonyl (C=O) groups is 2. The number of aryl methyl sites for hydroxylation is 3. The molecule has 0 radical (unpaired) electrons. The summed E-state index contributed by atoms with van der Waals surface area (Å²) < 4.78 is 31.2. The number of hydrogen-bond acceptors (Lipinski definition) is 6. The number of thiazole rings is 1. The van der Waals surface area contributed by atoms with Crippen molar-refractivity contribution in [3.05, 3.63) is 66.7 Å². The molecule has 2 N–H and O–H groups in total. The standard InChI is InChI=1S/C24H23F2IN4O3S/c1-12-10-15(27)4-5-18(12)29-21-17(23(33)34)11-16(19(25)20(21)26)22(32)30-6-8-31(9-7-30)24-28-13(2)14(3)35-24/h4-5,10-11,29H,6-9H2,1-3H3,(H,33,34). The maximum absolute atomic E-state index is 15.1. The summed E-state index contributed by atoms with van der Waals surface area (Å²) in [4.78, 5) is 34.1. The Hall–Kier alpha value is -2.80. The molecule has 0 aliphatic carbocycles. The Labute approximate surface area is 218 Å². The smallest absolute Gasteiger partial charge is 0.337 e. The van der Waals surface area contributed by atoms with E-state index in [1.807, 2.05) is 24.8 Å². The highest BCUT2D eigenvalue weighted by molar-refractivity contribution is 14.1. The number of nitrogens with zero attached hydrogens (tertiary/aromatic N) is 3. The highest BCUT2D eigenvalue weighted by Gasteiger charge is 2.30. The van der Waals surface area contributed by atoms with E-state index >= 15 is 8.78 Å². The summed E-state index contributed by atoms with van der Waals surface area (Å²) in [6.07, 6.45) is 0. The minimum absolute atomic E-state index is 0.280. The molecule has 0 bridgehead atoms. The zero-order valence-corrected chi connectivity index (χ0v) is 22.3. The van der Waals surface area contributed by atoms with E-state index in [9.17, 15) is 14.7 Å². The van der Waals surface area contributed by atoms with Gasteiger partial charge in [-0.2, -0.15) is 0 Å². The summed E-state index contributed by atoms with van der Waals surface area (Å²) in [6, 6.07) is 6.15. The van der Waals surface area contributed by atoms with Gasteiger partial charge in [0.05, 0.1) is 22.5 Å². The zero-order valence-electron chi connectivity index (χ0n) is 19.3. The van der Waals surface area contributed by atoms with Crippen LogP contribution in [0.3, 0.4) is 0 Å². The van der Waals surface area contributed by atoms with E-state index in [1.54, 1.807) is 30.4 Å². The van der Waals surface area contributed by atoms with Crippen LogP contribution >= 0.6 is 33.9 Å². The van der Waals surface area contributed by atoms with Crippen molar-refractivity contribution in [1.82, 2.24) is 9.88 Å². The molecule has 2 aromatic carbocycles. The second-order valence-electron chi connectivity index (χ2n) is 8.28. The van der Waals surface area contributed by atoms with Crippen molar-refractivity contribution < 1.29 is 23.5 Å². The number of amides is 1. The Morgan fingerprint density at radius 2 is 1.74 bits per heavy atom. The molecule has 1 fully saturated rings. The Bertz CT molecular complexity index is 1300. The molecule has 1 aliphatic rings. The first kappa shape index (κ1) is 25.3. The minimum atomic E-state index is -1.47. The van der Waals surface area contributed by atoms with Crippen LogP contribution in [-0.2, 0) is 0 Å². The normalized spacial score (nSPS) is 13.8. The maximum atomic E-state index is 15.1. The average molecular weight is 612 g/mol. The number of anilines is 3. The van der Waals surface area contributed by atoms with E-state index < -0.39 is 40.3 Å². The van der Waals surface area contributed by atoms with Crippen LogP contribution in [0.15, 0.2) is 24.3 Å². The third-order valence-corrected chi connectivity index (χ3v) is 7.77. The van der Waals surface area contributed by atoms with Gasteiger partial charge in [0.1, 0.15) is 0 Å². The summed E-state index contributed by atoms with van der Waals surface area (Å²) in [7, 11) is 0. The number of aromatic carboxylic acids is 1. The molecular formula is C24H23F2IN4O3S. The molecule has 0 saturated carbocycles. The molecule has 1 aromatic heterocycles. The number of carboxylic acids is 1. The maximum Gasteiger partial charge on any atom is 0.337 e. The van der Waals surface area contributed by atoms with Gasteiger partial charge >= 0.3 is 5.97 Å². The average Bonchev–Trinajstić information content (AvgIpc) is 3.16. The van der Waals surface area contributed by atoms with Crippen LogP contribution in [0.1, 0.15) is 36.9 Å². The van der Waals surface area contributed by atoms with E-state index in [1.165, 1.54) is 4.90 Å². The number of aromatic nitrogens is 1. The zero-order chi connectivity index (χ0) is 25.4. The lowest BCUT2D eigenvalue weighted by atomic mass is 10.0. The highest BCUT2D eigenvalue weighted by atomic mass is 127. The lowest BCUT2D eigenvalue weighted by Crippen LogP contribution is -2.49. The number of halogens is 3. The second kappa shape index (κ2) is 10.1. The Morgan fingerprint density at radius 3 is 2.31 bits per heavy atom.